The summed E-state index contributed by atoms with van der Waals surface area (Å²) in [6.07, 6.45) is 2.84. The van der Waals surface area contributed by atoms with Gasteiger partial charge in [0.15, 0.2) is 8.24 Å². The second kappa shape index (κ2) is 3.56. The Labute approximate surface area is 92.5 Å². The summed E-state index contributed by atoms with van der Waals surface area (Å²) < 4.78 is 2.18. The smallest absolute Gasteiger partial charge is 0.218 e. The number of β-lactam (4-membered cyclic amide) rings is 1. The van der Waals surface area contributed by atoms with Crippen molar-refractivity contribution in [3.8, 4) is 0 Å². The van der Waals surface area contributed by atoms with E-state index in [1.54, 1.807) is 11.8 Å². The van der Waals surface area contributed by atoms with Gasteiger partial charge in [-0.3, -0.25) is 4.79 Å². The van der Waals surface area contributed by atoms with Crippen molar-refractivity contribution in [1.29, 1.82) is 0 Å². The van der Waals surface area contributed by atoms with Gasteiger partial charge in [0.05, 0.1) is 11.8 Å². The van der Waals surface area contributed by atoms with Gasteiger partial charge in [0.25, 0.3) is 0 Å². The zero-order chi connectivity index (χ0) is 11.1. The SMILES string of the molecule is CSC1CC(=O)N1[Si](C)(C)C(C)(C)C. The van der Waals surface area contributed by atoms with E-state index in [-0.39, 0.29) is 5.04 Å². The number of hydrogen-bond acceptors (Lipinski definition) is 2. The highest BCUT2D eigenvalue weighted by Crippen LogP contribution is 2.44. The molecule has 1 aliphatic heterocycles. The van der Waals surface area contributed by atoms with Crippen molar-refractivity contribution in [2.24, 2.45) is 0 Å². The maximum Gasteiger partial charge on any atom is 0.218 e. The average Bonchev–Trinajstić information content (AvgIpc) is 1.96. The normalized spacial score (nSPS) is 23.7. The fourth-order valence-electron chi connectivity index (χ4n) is 1.61. The van der Waals surface area contributed by atoms with E-state index in [9.17, 15) is 4.79 Å². The third-order valence-electron chi connectivity index (χ3n) is 3.62. The largest absolute Gasteiger partial charge is 0.357 e. The summed E-state index contributed by atoms with van der Waals surface area (Å²) in [6.45, 7) is 11.4. The number of carbonyl (C=O) groups excluding carboxylic acids is 1. The molecule has 1 saturated heterocycles. The molecule has 1 amide bonds. The Hall–Kier alpha value is 0.0369. The third-order valence-corrected chi connectivity index (χ3v) is 10.2. The monoisotopic (exact) mass is 231 g/mol. The van der Waals surface area contributed by atoms with E-state index in [0.717, 1.165) is 6.42 Å². The molecule has 1 aliphatic rings. The summed E-state index contributed by atoms with van der Waals surface area (Å²) in [4.78, 5) is 11.6. The van der Waals surface area contributed by atoms with Crippen LogP contribution in [0, 0.1) is 0 Å². The Morgan fingerprint density at radius 2 is 1.93 bits per heavy atom. The fourth-order valence-corrected chi connectivity index (χ4v) is 5.60. The van der Waals surface area contributed by atoms with Crippen molar-refractivity contribution >= 4 is 25.9 Å². The van der Waals surface area contributed by atoms with Crippen LogP contribution in [-0.4, -0.2) is 30.3 Å². The zero-order valence-corrected chi connectivity index (χ0v) is 11.9. The van der Waals surface area contributed by atoms with E-state index >= 15 is 0 Å². The summed E-state index contributed by atoms with van der Waals surface area (Å²) in [7, 11) is -1.61. The van der Waals surface area contributed by atoms with Crippen molar-refractivity contribution < 1.29 is 4.79 Å². The Balaban J connectivity index is 2.86. The molecule has 1 heterocycles. The van der Waals surface area contributed by atoms with Gasteiger partial charge in [0.2, 0.25) is 5.91 Å². The molecule has 1 unspecified atom stereocenters. The lowest BCUT2D eigenvalue weighted by atomic mass is 10.2. The highest BCUT2D eigenvalue weighted by molar-refractivity contribution is 7.99. The van der Waals surface area contributed by atoms with Crippen LogP contribution in [0.4, 0.5) is 0 Å². The van der Waals surface area contributed by atoms with Crippen LogP contribution in [-0.2, 0) is 4.79 Å². The quantitative estimate of drug-likeness (QED) is 0.538. The van der Waals surface area contributed by atoms with E-state index in [4.69, 9.17) is 0 Å². The lowest BCUT2D eigenvalue weighted by Gasteiger charge is -2.54. The minimum absolute atomic E-state index is 0.261. The fraction of sp³-hybridized carbons (Fsp3) is 0.900. The predicted molar refractivity (Wildman–Crippen MR) is 66.0 cm³/mol. The standard InChI is InChI=1S/C10H21NOSSi/c1-10(2,3)14(5,6)11-8(12)7-9(11)13-4/h9H,7H2,1-6H3. The van der Waals surface area contributed by atoms with Gasteiger partial charge in [-0.25, -0.2) is 0 Å². The number of amides is 1. The van der Waals surface area contributed by atoms with Gasteiger partial charge < -0.3 is 4.57 Å². The van der Waals surface area contributed by atoms with Crippen molar-refractivity contribution in [3.63, 3.8) is 0 Å². The first kappa shape index (κ1) is 12.1. The Kier molecular flexibility index (Phi) is 3.08. The van der Waals surface area contributed by atoms with E-state index in [1.807, 2.05) is 0 Å². The second-order valence-corrected chi connectivity index (χ2v) is 11.6. The van der Waals surface area contributed by atoms with Gasteiger partial charge >= 0.3 is 0 Å². The summed E-state index contributed by atoms with van der Waals surface area (Å²) in [6, 6.07) is 0. The third kappa shape index (κ3) is 1.74. The Morgan fingerprint density at radius 1 is 1.43 bits per heavy atom. The number of hydrogen-bond donors (Lipinski definition) is 0. The molecule has 1 atom stereocenters. The van der Waals surface area contributed by atoms with E-state index in [1.165, 1.54) is 0 Å². The molecule has 0 aliphatic carbocycles. The van der Waals surface area contributed by atoms with Crippen LogP contribution in [0.25, 0.3) is 0 Å². The molecule has 0 saturated carbocycles. The highest BCUT2D eigenvalue weighted by Gasteiger charge is 2.51. The minimum atomic E-state index is -1.61. The lowest BCUT2D eigenvalue weighted by molar-refractivity contribution is -0.135. The number of carbonyl (C=O) groups is 1. The average molecular weight is 231 g/mol. The first-order valence-electron chi connectivity index (χ1n) is 5.07. The molecule has 4 heteroatoms. The van der Waals surface area contributed by atoms with Crippen molar-refractivity contribution in [2.45, 2.75) is 50.7 Å². The molecule has 0 aromatic carbocycles. The van der Waals surface area contributed by atoms with Crippen LogP contribution >= 0.6 is 11.8 Å². The van der Waals surface area contributed by atoms with E-state index in [0.29, 0.717) is 11.3 Å². The van der Waals surface area contributed by atoms with E-state index < -0.39 is 8.24 Å². The molecule has 0 spiro atoms. The molecule has 1 fully saturated rings. The molecule has 0 aromatic rings. The molecule has 82 valence electrons. The van der Waals surface area contributed by atoms with Gasteiger partial charge in [0.1, 0.15) is 0 Å². The molecular formula is C10H21NOSSi. The van der Waals surface area contributed by atoms with Crippen LogP contribution in [0.15, 0.2) is 0 Å². The first-order valence-corrected chi connectivity index (χ1v) is 9.30. The minimum Gasteiger partial charge on any atom is -0.357 e. The highest BCUT2D eigenvalue weighted by atomic mass is 32.2. The van der Waals surface area contributed by atoms with Crippen molar-refractivity contribution in [1.82, 2.24) is 4.57 Å². The molecule has 0 bridgehead atoms. The molecule has 0 radical (unpaired) electrons. The zero-order valence-electron chi connectivity index (χ0n) is 10.0. The molecule has 0 aromatic heterocycles. The topological polar surface area (TPSA) is 20.3 Å². The van der Waals surface area contributed by atoms with Gasteiger partial charge in [0, 0.05) is 0 Å². The summed E-state index contributed by atoms with van der Waals surface area (Å²) in [5, 5.41) is 0.709. The van der Waals surface area contributed by atoms with Gasteiger partial charge in [-0.05, 0) is 11.3 Å². The van der Waals surface area contributed by atoms with Gasteiger partial charge in [-0.2, -0.15) is 0 Å². The molecule has 1 rings (SSSR count). The molecule has 2 nitrogen and oxygen atoms in total. The van der Waals surface area contributed by atoms with Crippen LogP contribution in [0.2, 0.25) is 18.1 Å². The van der Waals surface area contributed by atoms with Crippen LogP contribution < -0.4 is 0 Å². The predicted octanol–water partition coefficient (Wildman–Crippen LogP) is 2.91. The summed E-state index contributed by atoms with van der Waals surface area (Å²) in [5.41, 5.74) is 0. The molecular weight excluding hydrogens is 210 g/mol. The first-order chi connectivity index (χ1) is 6.21. The van der Waals surface area contributed by atoms with Crippen LogP contribution in [0.1, 0.15) is 27.2 Å². The van der Waals surface area contributed by atoms with Crippen molar-refractivity contribution in [2.75, 3.05) is 6.26 Å². The number of thioether (sulfide) groups is 1. The second-order valence-electron chi connectivity index (χ2n) is 5.47. The van der Waals surface area contributed by atoms with Crippen molar-refractivity contribution in [3.05, 3.63) is 0 Å². The Morgan fingerprint density at radius 3 is 2.21 bits per heavy atom. The molecule has 14 heavy (non-hydrogen) atoms. The summed E-state index contributed by atoms with van der Waals surface area (Å²) in [5.74, 6) is 0.357. The maximum atomic E-state index is 11.6. The number of rotatable bonds is 2. The molecule has 0 N–H and O–H groups in total. The lowest BCUT2D eigenvalue weighted by Crippen LogP contribution is -2.67. The maximum absolute atomic E-state index is 11.6. The van der Waals surface area contributed by atoms with Crippen LogP contribution in [0.5, 0.6) is 0 Å². The summed E-state index contributed by atoms with van der Waals surface area (Å²) >= 11 is 1.81. The van der Waals surface area contributed by atoms with Gasteiger partial charge in [-0.1, -0.05) is 33.9 Å². The van der Waals surface area contributed by atoms with E-state index in [2.05, 4.69) is 44.7 Å². The number of nitrogens with zero attached hydrogens (tertiary/aromatic N) is 1. The van der Waals surface area contributed by atoms with Gasteiger partial charge in [-0.15, -0.1) is 11.8 Å². The Bertz CT molecular complexity index is 247. The van der Waals surface area contributed by atoms with Crippen LogP contribution in [0.3, 0.4) is 0 Å².